The smallest absolute Gasteiger partial charge is 0.0647 e. The molecule has 0 heterocycles. The van der Waals surface area contributed by atoms with E-state index in [0.29, 0.717) is 6.61 Å². The van der Waals surface area contributed by atoms with Crippen LogP contribution in [0.25, 0.3) is 0 Å². The molecule has 0 atom stereocenters. The van der Waals surface area contributed by atoms with Crippen LogP contribution in [0.15, 0.2) is 24.8 Å². The molecule has 138 valence electrons. The van der Waals surface area contributed by atoms with Crippen LogP contribution in [-0.2, 0) is 9.47 Å². The Morgan fingerprint density at radius 2 is 1.25 bits per heavy atom. The maximum Gasteiger partial charge on any atom is 0.0647 e. The Morgan fingerprint density at radius 1 is 0.750 bits per heavy atom. The molecule has 2 nitrogen and oxygen atoms in total. The number of ether oxygens (including phenoxy) is 2. The van der Waals surface area contributed by atoms with Gasteiger partial charge in [-0.15, -0.1) is 6.58 Å². The topological polar surface area (TPSA) is 18.5 Å². The van der Waals surface area contributed by atoms with Crippen LogP contribution in [-0.4, -0.2) is 26.4 Å². The molecule has 0 unspecified atom stereocenters. The van der Waals surface area contributed by atoms with E-state index in [9.17, 15) is 0 Å². The Kier molecular flexibility index (Phi) is 9.75. The molecule has 2 aliphatic rings. The average Bonchev–Trinajstić information content (AvgIpc) is 2.63. The zero-order valence-electron chi connectivity index (χ0n) is 15.8. The Labute approximate surface area is 149 Å². The van der Waals surface area contributed by atoms with Gasteiger partial charge in [0, 0.05) is 13.2 Å². The van der Waals surface area contributed by atoms with E-state index in [1.54, 1.807) is 0 Å². The van der Waals surface area contributed by atoms with Crippen molar-refractivity contribution in [3.05, 3.63) is 24.8 Å². The minimum atomic E-state index is 0.709. The molecule has 0 N–H and O–H groups in total. The van der Waals surface area contributed by atoms with E-state index in [-0.39, 0.29) is 0 Å². The van der Waals surface area contributed by atoms with E-state index >= 15 is 0 Å². The predicted octanol–water partition coefficient (Wildman–Crippen LogP) is 5.78. The lowest BCUT2D eigenvalue weighted by Crippen LogP contribution is -2.28. The molecule has 2 saturated carbocycles. The molecule has 0 bridgehead atoms. The van der Waals surface area contributed by atoms with Gasteiger partial charge in [0.05, 0.1) is 13.2 Å². The van der Waals surface area contributed by atoms with E-state index in [2.05, 4.69) is 25.7 Å². The summed E-state index contributed by atoms with van der Waals surface area (Å²) in [4.78, 5) is 0. The van der Waals surface area contributed by atoms with Crippen LogP contribution in [0.2, 0.25) is 0 Å². The van der Waals surface area contributed by atoms with E-state index in [1.807, 2.05) is 6.08 Å². The van der Waals surface area contributed by atoms with Gasteiger partial charge in [-0.3, -0.25) is 0 Å². The first-order valence-corrected chi connectivity index (χ1v) is 10.2. The molecule has 0 aromatic heterocycles. The largest absolute Gasteiger partial charge is 0.377 e. The van der Waals surface area contributed by atoms with Gasteiger partial charge in [-0.1, -0.05) is 25.2 Å². The van der Waals surface area contributed by atoms with Crippen LogP contribution in [0.4, 0.5) is 0 Å². The standard InChI is InChI=1S/C22H38O2/c1-3-5-6-16-24-18-20-9-13-22(14-10-20)21-11-7-19(8-12-21)17-23-15-4-2/h4-6,19-22H,2-3,7-18H2,1H3. The van der Waals surface area contributed by atoms with Crippen LogP contribution >= 0.6 is 0 Å². The first-order chi connectivity index (χ1) is 11.8. The molecule has 0 aromatic carbocycles. The van der Waals surface area contributed by atoms with Crippen molar-refractivity contribution >= 4 is 0 Å². The van der Waals surface area contributed by atoms with Crippen molar-refractivity contribution < 1.29 is 9.47 Å². The molecule has 2 rings (SSSR count). The van der Waals surface area contributed by atoms with E-state index in [0.717, 1.165) is 49.9 Å². The fourth-order valence-corrected chi connectivity index (χ4v) is 4.51. The molecule has 0 spiro atoms. The van der Waals surface area contributed by atoms with Gasteiger partial charge in [-0.25, -0.2) is 0 Å². The summed E-state index contributed by atoms with van der Waals surface area (Å²) in [7, 11) is 0. The van der Waals surface area contributed by atoms with Gasteiger partial charge in [0.1, 0.15) is 0 Å². The molecule has 24 heavy (non-hydrogen) atoms. The van der Waals surface area contributed by atoms with Crippen LogP contribution in [0.5, 0.6) is 0 Å². The van der Waals surface area contributed by atoms with Gasteiger partial charge in [0.15, 0.2) is 0 Å². The summed E-state index contributed by atoms with van der Waals surface area (Å²) < 4.78 is 11.5. The highest BCUT2D eigenvalue weighted by molar-refractivity contribution is 4.83. The Hall–Kier alpha value is -0.600. The fraction of sp³-hybridized carbons (Fsp3) is 0.818. The third kappa shape index (κ3) is 7.11. The molecule has 0 aromatic rings. The summed E-state index contributed by atoms with van der Waals surface area (Å²) in [6, 6.07) is 0. The number of allylic oxidation sites excluding steroid dienone is 1. The zero-order chi connectivity index (χ0) is 17.0. The van der Waals surface area contributed by atoms with Crippen molar-refractivity contribution in [2.45, 2.75) is 64.7 Å². The number of rotatable bonds is 10. The highest BCUT2D eigenvalue weighted by Crippen LogP contribution is 2.41. The number of hydrogen-bond donors (Lipinski definition) is 0. The first-order valence-electron chi connectivity index (χ1n) is 10.2. The van der Waals surface area contributed by atoms with Crippen LogP contribution in [0, 0.1) is 23.7 Å². The van der Waals surface area contributed by atoms with Gasteiger partial charge in [-0.2, -0.15) is 0 Å². The maximum atomic E-state index is 5.81. The molecule has 0 aliphatic heterocycles. The first kappa shape index (κ1) is 19.7. The average molecular weight is 335 g/mol. The van der Waals surface area contributed by atoms with Crippen molar-refractivity contribution in [3.63, 3.8) is 0 Å². The minimum absolute atomic E-state index is 0.709. The fourth-order valence-electron chi connectivity index (χ4n) is 4.51. The zero-order valence-corrected chi connectivity index (χ0v) is 15.8. The lowest BCUT2D eigenvalue weighted by atomic mass is 9.69. The second kappa shape index (κ2) is 11.9. The van der Waals surface area contributed by atoms with E-state index in [1.165, 1.54) is 51.4 Å². The third-order valence-electron chi connectivity index (χ3n) is 6.01. The van der Waals surface area contributed by atoms with Gasteiger partial charge in [-0.05, 0) is 81.5 Å². The highest BCUT2D eigenvalue weighted by Gasteiger charge is 2.30. The summed E-state index contributed by atoms with van der Waals surface area (Å²) >= 11 is 0. The monoisotopic (exact) mass is 334 g/mol. The minimum Gasteiger partial charge on any atom is -0.377 e. The van der Waals surface area contributed by atoms with Crippen molar-refractivity contribution in [1.29, 1.82) is 0 Å². The number of hydrogen-bond acceptors (Lipinski definition) is 2. The normalized spacial score (nSPS) is 31.4. The molecule has 2 heteroatoms. The molecule has 2 fully saturated rings. The SMILES string of the molecule is C=CCOCC1CCC(C2CCC(COCC=CCC)CC2)CC1. The second-order valence-corrected chi connectivity index (χ2v) is 7.80. The van der Waals surface area contributed by atoms with Crippen molar-refractivity contribution in [2.24, 2.45) is 23.7 Å². The Bertz CT molecular complexity index is 347. The lowest BCUT2D eigenvalue weighted by Gasteiger charge is -2.37. The second-order valence-electron chi connectivity index (χ2n) is 7.80. The van der Waals surface area contributed by atoms with Crippen LogP contribution in [0.3, 0.4) is 0 Å². The molecule has 0 amide bonds. The predicted molar refractivity (Wildman–Crippen MR) is 102 cm³/mol. The third-order valence-corrected chi connectivity index (χ3v) is 6.01. The molecule has 0 saturated heterocycles. The van der Waals surface area contributed by atoms with Crippen LogP contribution in [0.1, 0.15) is 64.7 Å². The summed E-state index contributed by atoms with van der Waals surface area (Å²) in [6.07, 6.45) is 18.5. The summed E-state index contributed by atoms with van der Waals surface area (Å²) in [6.45, 7) is 9.30. The van der Waals surface area contributed by atoms with Crippen molar-refractivity contribution in [3.8, 4) is 0 Å². The maximum absolute atomic E-state index is 5.81. The van der Waals surface area contributed by atoms with Gasteiger partial charge in [0.2, 0.25) is 0 Å². The highest BCUT2D eigenvalue weighted by atomic mass is 16.5. The van der Waals surface area contributed by atoms with Crippen molar-refractivity contribution in [1.82, 2.24) is 0 Å². The summed E-state index contributed by atoms with van der Waals surface area (Å²) in [5, 5.41) is 0. The van der Waals surface area contributed by atoms with Gasteiger partial charge >= 0.3 is 0 Å². The molecule has 2 aliphatic carbocycles. The van der Waals surface area contributed by atoms with E-state index in [4.69, 9.17) is 9.47 Å². The van der Waals surface area contributed by atoms with Crippen molar-refractivity contribution in [2.75, 3.05) is 26.4 Å². The molecular weight excluding hydrogens is 296 g/mol. The summed E-state index contributed by atoms with van der Waals surface area (Å²) in [5.74, 6) is 3.56. The van der Waals surface area contributed by atoms with Gasteiger partial charge in [0.25, 0.3) is 0 Å². The van der Waals surface area contributed by atoms with Gasteiger partial charge < -0.3 is 9.47 Å². The lowest BCUT2D eigenvalue weighted by molar-refractivity contribution is 0.0630. The quantitative estimate of drug-likeness (QED) is 0.372. The molecule has 0 radical (unpaired) electrons. The van der Waals surface area contributed by atoms with E-state index < -0.39 is 0 Å². The molecular formula is C22H38O2. The van der Waals surface area contributed by atoms with Crippen LogP contribution < -0.4 is 0 Å². The Balaban J connectivity index is 1.56. The summed E-state index contributed by atoms with van der Waals surface area (Å²) in [5.41, 5.74) is 0. The Morgan fingerprint density at radius 3 is 1.71 bits per heavy atom.